The Morgan fingerprint density at radius 1 is 0.440 bits per heavy atom. The van der Waals surface area contributed by atoms with E-state index in [0.29, 0.717) is 24.0 Å². The molecule has 0 saturated heterocycles. The van der Waals surface area contributed by atoms with Crippen LogP contribution in [0.3, 0.4) is 0 Å². The van der Waals surface area contributed by atoms with E-state index in [4.69, 9.17) is 34.4 Å². The zero-order valence-electron chi connectivity index (χ0n) is 47.5. The molecule has 4 aromatic carbocycles. The maximum Gasteiger partial charge on any atom is 0.245 e. The van der Waals surface area contributed by atoms with Crippen molar-refractivity contribution >= 4 is 59.2 Å². The molecule has 464 valence electrons. The molecule has 6 unspecified atom stereocenters. The van der Waals surface area contributed by atoms with E-state index in [0.717, 1.165) is 11.1 Å². The summed E-state index contributed by atoms with van der Waals surface area (Å²) in [5, 5.41) is 29.7. The topological polar surface area (TPSA) is 464 Å². The Balaban J connectivity index is 0. The van der Waals surface area contributed by atoms with Gasteiger partial charge in [0, 0.05) is 66.7 Å². The van der Waals surface area contributed by atoms with Gasteiger partial charge < -0.3 is 87.1 Å². The fourth-order valence-electron chi connectivity index (χ4n) is 8.07. The van der Waals surface area contributed by atoms with Crippen molar-refractivity contribution in [3.05, 3.63) is 131 Å². The number of guanidine groups is 2. The number of aliphatic imine (C=N–C) groups is 2. The summed E-state index contributed by atoms with van der Waals surface area (Å²) in [4.78, 5) is 112. The van der Waals surface area contributed by atoms with Crippen molar-refractivity contribution in [3.63, 3.8) is 0 Å². The lowest BCUT2D eigenvalue weighted by Gasteiger charge is -2.32. The Kier molecular flexibility index (Phi) is 38.1. The van der Waals surface area contributed by atoms with Crippen LogP contribution in [0, 0.1) is 0 Å². The van der Waals surface area contributed by atoms with Crippen molar-refractivity contribution in [2.45, 2.75) is 116 Å². The van der Waals surface area contributed by atoms with Crippen molar-refractivity contribution in [2.24, 2.45) is 55.9 Å². The van der Waals surface area contributed by atoms with Crippen molar-refractivity contribution in [1.82, 2.24) is 31.1 Å². The number of aromatic hydroxyl groups is 2. The van der Waals surface area contributed by atoms with Crippen molar-refractivity contribution < 1.29 is 48.6 Å². The van der Waals surface area contributed by atoms with Crippen LogP contribution in [-0.4, -0.2) is 157 Å². The zero-order valence-corrected chi connectivity index (χ0v) is 47.5. The molecule has 0 radical (unpaired) electrons. The summed E-state index contributed by atoms with van der Waals surface area (Å²) in [6, 6.07) is 24.6. The van der Waals surface area contributed by atoms with Gasteiger partial charge in [0.25, 0.3) is 0 Å². The monoisotopic (exact) mass is 1170 g/mol. The quantitative estimate of drug-likeness (QED) is 0.0193. The highest BCUT2D eigenvalue weighted by molar-refractivity contribution is 5.95. The molecule has 0 spiro atoms. The molecular formula is C58H92N16O10. The Morgan fingerprint density at radius 2 is 0.798 bits per heavy atom. The lowest BCUT2D eigenvalue weighted by molar-refractivity contribution is -0.142. The number of benzene rings is 4. The standard InChI is InChI=1S/2C27H37N7O5.2CH5N.2CH4/c1-17(35)32-22(15-19-10-12-20(36)13-11-19)25(38)33-21(9-6-14-31-27(29)30)26(39)34(2)23(24(28)37)16-18-7-4-3-5-8-18;1-17(35)32-22(16-19-10-12-20(36)13-11-19)26(39)34(2)23(9-6-14-31-27(29)30)25(38)33-21(24(28)37)15-18-7-4-3-5-8-18;2*1-2;;/h2*3-5,7-8,10-13,21-23,36H,6,9,14-16H2,1-2H3,(H2,28,37)(H,32,35)(H,33,38)(H4,29,30,31);2*2H2,1H3;2*1H4. The molecule has 26 nitrogen and oxygen atoms in total. The van der Waals surface area contributed by atoms with Crippen LogP contribution in [-0.2, 0) is 64.0 Å². The van der Waals surface area contributed by atoms with Gasteiger partial charge in [0.1, 0.15) is 47.8 Å². The maximum absolute atomic E-state index is 13.6. The second-order valence-corrected chi connectivity index (χ2v) is 18.4. The average Bonchev–Trinajstić information content (AvgIpc) is 3.66. The molecule has 4 aromatic rings. The number of nitrogens with zero attached hydrogens (tertiary/aromatic N) is 4. The Labute approximate surface area is 493 Å². The Hall–Kier alpha value is -9.30. The predicted octanol–water partition coefficient (Wildman–Crippen LogP) is -0.512. The Bertz CT molecular complexity index is 2670. The van der Waals surface area contributed by atoms with Gasteiger partial charge in [-0.25, -0.2) is 0 Å². The van der Waals surface area contributed by atoms with Gasteiger partial charge in [-0.15, -0.1) is 0 Å². The summed E-state index contributed by atoms with van der Waals surface area (Å²) in [6.45, 7) is 3.01. The van der Waals surface area contributed by atoms with E-state index in [-0.39, 0.29) is 89.9 Å². The second-order valence-electron chi connectivity index (χ2n) is 18.4. The molecule has 0 aliphatic carbocycles. The molecule has 4 rings (SSSR count). The molecule has 0 bridgehead atoms. The molecule has 84 heavy (non-hydrogen) atoms. The number of carbonyl (C=O) groups excluding carboxylic acids is 8. The molecule has 0 fully saturated rings. The van der Waals surface area contributed by atoms with Crippen LogP contribution in [0.2, 0.25) is 0 Å². The summed E-state index contributed by atoms with van der Waals surface area (Å²) in [5.41, 5.74) is 44.8. The van der Waals surface area contributed by atoms with Gasteiger partial charge in [0.15, 0.2) is 11.9 Å². The van der Waals surface area contributed by atoms with Crippen LogP contribution in [0.4, 0.5) is 0 Å². The predicted molar refractivity (Wildman–Crippen MR) is 328 cm³/mol. The summed E-state index contributed by atoms with van der Waals surface area (Å²) < 4.78 is 0. The first kappa shape index (κ1) is 76.8. The van der Waals surface area contributed by atoms with E-state index in [1.807, 2.05) is 60.7 Å². The minimum atomic E-state index is -1.05. The first-order chi connectivity index (χ1) is 38.9. The third-order valence-corrected chi connectivity index (χ3v) is 12.1. The number of phenolic OH excluding ortho intramolecular Hbond substituents is 2. The largest absolute Gasteiger partial charge is 0.508 e. The highest BCUT2D eigenvalue weighted by Crippen LogP contribution is 2.17. The number of hydrogen-bond donors (Lipinski definition) is 14. The van der Waals surface area contributed by atoms with Crippen LogP contribution >= 0.6 is 0 Å². The van der Waals surface area contributed by atoms with E-state index in [1.165, 1.54) is 76.1 Å². The highest BCUT2D eigenvalue weighted by Gasteiger charge is 2.35. The number of amides is 8. The van der Waals surface area contributed by atoms with Gasteiger partial charge in [0.05, 0.1) is 0 Å². The number of likely N-dealkylation sites (N-methyl/N-ethyl adjacent to an activating group) is 2. The maximum atomic E-state index is 13.6. The first-order valence-corrected chi connectivity index (χ1v) is 26.1. The number of nitrogens with two attached hydrogens (primary N) is 8. The fourth-order valence-corrected chi connectivity index (χ4v) is 8.07. The van der Waals surface area contributed by atoms with E-state index in [1.54, 1.807) is 24.3 Å². The molecule has 0 saturated carbocycles. The third-order valence-electron chi connectivity index (χ3n) is 12.1. The number of carbonyl (C=O) groups is 8. The summed E-state index contributed by atoms with van der Waals surface area (Å²) in [7, 11) is 5.91. The molecule has 22 N–H and O–H groups in total. The van der Waals surface area contributed by atoms with Gasteiger partial charge in [-0.3, -0.25) is 48.3 Å². The molecule has 6 atom stereocenters. The van der Waals surface area contributed by atoms with Crippen molar-refractivity contribution in [3.8, 4) is 11.5 Å². The van der Waals surface area contributed by atoms with Gasteiger partial charge in [0.2, 0.25) is 47.3 Å². The lowest BCUT2D eigenvalue weighted by Crippen LogP contribution is -2.57. The summed E-state index contributed by atoms with van der Waals surface area (Å²) in [5.74, 6) is -4.56. The molecular weight excluding hydrogens is 1080 g/mol. The Morgan fingerprint density at radius 3 is 1.21 bits per heavy atom. The molecule has 0 aromatic heterocycles. The number of rotatable bonds is 28. The third kappa shape index (κ3) is 29.4. The number of hydrogen-bond acceptors (Lipinski definition) is 14. The fraction of sp³-hybridized carbons (Fsp3) is 0.414. The van der Waals surface area contributed by atoms with Gasteiger partial charge in [-0.05, 0) is 86.3 Å². The summed E-state index contributed by atoms with van der Waals surface area (Å²) >= 11 is 0. The minimum absolute atomic E-state index is 0. The van der Waals surface area contributed by atoms with Gasteiger partial charge in [-0.2, -0.15) is 0 Å². The molecule has 26 heteroatoms. The van der Waals surface area contributed by atoms with Crippen molar-refractivity contribution in [2.75, 3.05) is 41.3 Å². The smallest absolute Gasteiger partial charge is 0.245 e. The van der Waals surface area contributed by atoms with Crippen LogP contribution in [0.5, 0.6) is 11.5 Å². The highest BCUT2D eigenvalue weighted by atomic mass is 16.3. The number of nitrogens with one attached hydrogen (secondary N) is 4. The zero-order chi connectivity index (χ0) is 61.9. The number of phenols is 2. The van der Waals surface area contributed by atoms with Crippen LogP contribution in [0.15, 0.2) is 119 Å². The summed E-state index contributed by atoms with van der Waals surface area (Å²) in [6.07, 6.45) is 1.67. The average molecular weight is 1170 g/mol. The molecule has 0 aliphatic heterocycles. The molecule has 8 amide bonds. The van der Waals surface area contributed by atoms with Crippen LogP contribution < -0.4 is 67.1 Å². The van der Waals surface area contributed by atoms with E-state index < -0.39 is 83.5 Å². The van der Waals surface area contributed by atoms with Gasteiger partial charge >= 0.3 is 0 Å². The van der Waals surface area contributed by atoms with Crippen molar-refractivity contribution in [1.29, 1.82) is 0 Å². The lowest BCUT2D eigenvalue weighted by atomic mass is 10.0. The van der Waals surface area contributed by atoms with Crippen LogP contribution in [0.25, 0.3) is 0 Å². The minimum Gasteiger partial charge on any atom is -0.508 e. The SMILES string of the molecule is C.C.CC(=O)NC(Cc1ccc(O)cc1)C(=O)N(C)C(CCCN=C(N)N)C(=O)NC(Cc1ccccc1)C(N)=O.CC(=O)NC(Cc1ccc(O)cc1)C(=O)NC(CCCN=C(N)N)C(=O)N(C)C(Cc1ccccc1)C(N)=O.CN.CN. The van der Waals surface area contributed by atoms with Crippen LogP contribution in [0.1, 0.15) is 76.6 Å². The number of primary amides is 2. The molecule has 0 heterocycles. The second kappa shape index (κ2) is 41.7. The van der Waals surface area contributed by atoms with E-state index in [2.05, 4.69) is 42.7 Å². The van der Waals surface area contributed by atoms with E-state index >= 15 is 0 Å². The van der Waals surface area contributed by atoms with E-state index in [9.17, 15) is 48.6 Å². The normalized spacial score (nSPS) is 12.1. The molecule has 0 aliphatic rings. The first-order valence-electron chi connectivity index (χ1n) is 26.1. The van der Waals surface area contributed by atoms with Gasteiger partial charge in [-0.1, -0.05) is 99.8 Å².